The Balaban J connectivity index is 1.52. The molecule has 3 N–H and O–H groups in total. The number of aromatic nitrogens is 4. The van der Waals surface area contributed by atoms with E-state index < -0.39 is 23.9 Å². The van der Waals surface area contributed by atoms with Crippen LogP contribution in [-0.4, -0.2) is 68.7 Å². The molecule has 0 unspecified atom stereocenters. The highest BCUT2D eigenvalue weighted by Crippen LogP contribution is 2.26. The van der Waals surface area contributed by atoms with Gasteiger partial charge in [0.25, 0.3) is 5.56 Å². The Kier molecular flexibility index (Phi) is 7.30. The maximum atomic E-state index is 15.1. The largest absolute Gasteiger partial charge is 0.388 e. The van der Waals surface area contributed by atoms with E-state index in [0.29, 0.717) is 11.4 Å². The second-order valence-electron chi connectivity index (χ2n) is 9.08. The fourth-order valence-corrected chi connectivity index (χ4v) is 4.38. The molecule has 0 aliphatic carbocycles. The molecule has 0 bridgehead atoms. The van der Waals surface area contributed by atoms with Crippen molar-refractivity contribution in [2.45, 2.75) is 6.61 Å². The molecule has 0 spiro atoms. The molecule has 0 saturated carbocycles. The summed E-state index contributed by atoms with van der Waals surface area (Å²) in [6, 6.07) is 11.7. The summed E-state index contributed by atoms with van der Waals surface area (Å²) in [5.74, 6) is -0.781. The zero-order valence-electron chi connectivity index (χ0n) is 21.3. The van der Waals surface area contributed by atoms with E-state index in [1.807, 2.05) is 6.07 Å². The highest BCUT2D eigenvalue weighted by Gasteiger charge is 2.18. The second kappa shape index (κ2) is 11.0. The van der Waals surface area contributed by atoms with Crippen LogP contribution in [0.4, 0.5) is 27.4 Å². The van der Waals surface area contributed by atoms with Gasteiger partial charge in [-0.05, 0) is 49.5 Å². The third kappa shape index (κ3) is 5.47. The number of hydrogen-bond donors (Lipinski definition) is 3. The van der Waals surface area contributed by atoms with E-state index in [4.69, 9.17) is 0 Å². The average molecular weight is 531 g/mol. The van der Waals surface area contributed by atoms with E-state index in [0.717, 1.165) is 37.9 Å². The average Bonchev–Trinajstić information content (AvgIpc) is 2.94. The molecule has 1 aliphatic heterocycles. The van der Waals surface area contributed by atoms with Crippen LogP contribution in [0, 0.1) is 5.82 Å². The molecular formula is C27H27FN8O3. The van der Waals surface area contributed by atoms with E-state index in [-0.39, 0.29) is 28.5 Å². The van der Waals surface area contributed by atoms with Gasteiger partial charge >= 0.3 is 0 Å². The van der Waals surface area contributed by atoms with Gasteiger partial charge in [0, 0.05) is 43.8 Å². The minimum atomic E-state index is -0.615. The zero-order valence-corrected chi connectivity index (χ0v) is 21.3. The molecule has 11 nitrogen and oxygen atoms in total. The molecule has 4 aromatic rings. The van der Waals surface area contributed by atoms with E-state index in [1.54, 1.807) is 30.3 Å². The van der Waals surface area contributed by atoms with Gasteiger partial charge in [0.2, 0.25) is 11.9 Å². The Labute approximate surface area is 223 Å². The molecule has 5 rings (SSSR count). The first-order chi connectivity index (χ1) is 18.9. The lowest BCUT2D eigenvalue weighted by Crippen LogP contribution is -2.44. The number of piperazine rings is 1. The van der Waals surface area contributed by atoms with Crippen molar-refractivity contribution in [3.63, 3.8) is 0 Å². The van der Waals surface area contributed by atoms with Crippen molar-refractivity contribution in [2.24, 2.45) is 0 Å². The van der Waals surface area contributed by atoms with E-state index in [1.165, 1.54) is 16.8 Å². The van der Waals surface area contributed by atoms with Crippen molar-refractivity contribution in [3.05, 3.63) is 83.3 Å². The molecule has 1 amide bonds. The Morgan fingerprint density at radius 1 is 1.13 bits per heavy atom. The second-order valence-corrected chi connectivity index (χ2v) is 9.08. The van der Waals surface area contributed by atoms with Crippen LogP contribution in [0.25, 0.3) is 16.7 Å². The Hall–Kier alpha value is -4.68. The highest BCUT2D eigenvalue weighted by molar-refractivity contribution is 5.99. The number of fused-ring (bicyclic) bond motifs is 1. The number of aliphatic hydroxyl groups is 1. The third-order valence-corrected chi connectivity index (χ3v) is 6.47. The number of carbonyl (C=O) groups excluding carboxylic acids is 1. The number of rotatable bonds is 7. The van der Waals surface area contributed by atoms with Gasteiger partial charge in [0.15, 0.2) is 5.65 Å². The first kappa shape index (κ1) is 25.9. The summed E-state index contributed by atoms with van der Waals surface area (Å²) in [4.78, 5) is 41.5. The lowest BCUT2D eigenvalue weighted by atomic mass is 10.2. The third-order valence-electron chi connectivity index (χ3n) is 6.47. The Morgan fingerprint density at radius 3 is 2.64 bits per heavy atom. The van der Waals surface area contributed by atoms with Crippen LogP contribution in [0.5, 0.6) is 0 Å². The molecule has 0 radical (unpaired) electrons. The molecular weight excluding hydrogens is 503 g/mol. The van der Waals surface area contributed by atoms with Crippen molar-refractivity contribution >= 4 is 40.0 Å². The molecule has 39 heavy (non-hydrogen) atoms. The summed E-state index contributed by atoms with van der Waals surface area (Å²) >= 11 is 0. The minimum absolute atomic E-state index is 0.0343. The molecule has 1 aliphatic rings. The van der Waals surface area contributed by atoms with Crippen LogP contribution in [0.1, 0.15) is 5.82 Å². The number of hydrogen-bond acceptors (Lipinski definition) is 9. The molecule has 12 heteroatoms. The molecule has 1 fully saturated rings. The Bertz CT molecular complexity index is 1610. The molecule has 3 heterocycles. The predicted octanol–water partition coefficient (Wildman–Crippen LogP) is 2.43. The van der Waals surface area contributed by atoms with Crippen molar-refractivity contribution in [2.75, 3.05) is 48.8 Å². The normalized spacial score (nSPS) is 13.9. The number of nitrogens with zero attached hydrogens (tertiary/aromatic N) is 6. The van der Waals surface area contributed by atoms with Crippen LogP contribution in [0.15, 0.2) is 66.1 Å². The van der Waals surface area contributed by atoms with Crippen LogP contribution in [0.2, 0.25) is 0 Å². The number of halogens is 1. The number of carbonyl (C=O) groups is 1. The van der Waals surface area contributed by atoms with Gasteiger partial charge in [-0.25, -0.2) is 9.37 Å². The number of benzene rings is 2. The number of amides is 1. The number of likely N-dealkylation sites (N-methyl/N-ethyl adjacent to an activating group) is 1. The zero-order chi connectivity index (χ0) is 27.5. The fourth-order valence-electron chi connectivity index (χ4n) is 4.38. The SMILES string of the molecule is C=CC(=O)Nc1cccc(-n2c(CO)nc(=O)c3cnc(Nc4ccc(N5CCN(C)CC5)cc4F)nc32)c1. The topological polar surface area (TPSA) is 129 Å². The van der Waals surface area contributed by atoms with Gasteiger partial charge in [0.05, 0.1) is 11.4 Å². The summed E-state index contributed by atoms with van der Waals surface area (Å²) in [7, 11) is 2.06. The van der Waals surface area contributed by atoms with Crippen LogP contribution < -0.4 is 21.1 Å². The monoisotopic (exact) mass is 530 g/mol. The summed E-state index contributed by atoms with van der Waals surface area (Å²) in [5.41, 5.74) is 1.44. The van der Waals surface area contributed by atoms with E-state index >= 15 is 4.39 Å². The molecule has 2 aromatic heterocycles. The number of aliphatic hydroxyl groups excluding tert-OH is 1. The smallest absolute Gasteiger partial charge is 0.284 e. The molecule has 0 atom stereocenters. The number of anilines is 4. The molecule has 200 valence electrons. The van der Waals surface area contributed by atoms with Gasteiger partial charge < -0.3 is 25.5 Å². The number of nitrogens with one attached hydrogen (secondary N) is 2. The lowest BCUT2D eigenvalue weighted by molar-refractivity contribution is -0.111. The van der Waals surface area contributed by atoms with Crippen molar-refractivity contribution < 1.29 is 14.3 Å². The van der Waals surface area contributed by atoms with E-state index in [9.17, 15) is 14.7 Å². The lowest BCUT2D eigenvalue weighted by Gasteiger charge is -2.34. The van der Waals surface area contributed by atoms with Crippen molar-refractivity contribution in [1.29, 1.82) is 0 Å². The van der Waals surface area contributed by atoms with E-state index in [2.05, 4.69) is 49.0 Å². The van der Waals surface area contributed by atoms with Crippen LogP contribution in [-0.2, 0) is 11.4 Å². The standard InChI is InChI=1S/C27H27FN8O3/c1-3-24(38)30-17-5-4-6-19(13-17)36-23(16-37)32-26(39)20-15-29-27(33-25(20)36)31-22-8-7-18(14-21(22)28)35-11-9-34(2)10-12-35/h3-8,13-15,37H,1,9-12,16H2,2H3,(H,30,38)(H,29,31,33). The molecule has 1 saturated heterocycles. The highest BCUT2D eigenvalue weighted by atomic mass is 19.1. The summed E-state index contributed by atoms with van der Waals surface area (Å²) in [6.45, 7) is 6.33. The van der Waals surface area contributed by atoms with Crippen LogP contribution >= 0.6 is 0 Å². The summed E-state index contributed by atoms with van der Waals surface area (Å²) in [5, 5.41) is 15.6. The maximum absolute atomic E-state index is 15.1. The van der Waals surface area contributed by atoms with Gasteiger partial charge in [-0.1, -0.05) is 12.6 Å². The van der Waals surface area contributed by atoms with Crippen molar-refractivity contribution in [1.82, 2.24) is 24.4 Å². The Morgan fingerprint density at radius 2 is 1.92 bits per heavy atom. The minimum Gasteiger partial charge on any atom is -0.388 e. The van der Waals surface area contributed by atoms with Gasteiger partial charge in [-0.2, -0.15) is 9.97 Å². The first-order valence-electron chi connectivity index (χ1n) is 12.3. The van der Waals surface area contributed by atoms with Gasteiger partial charge in [-0.3, -0.25) is 14.2 Å². The summed E-state index contributed by atoms with van der Waals surface area (Å²) in [6.07, 6.45) is 2.45. The predicted molar refractivity (Wildman–Crippen MR) is 147 cm³/mol. The fraction of sp³-hybridized carbons (Fsp3) is 0.222. The van der Waals surface area contributed by atoms with Crippen LogP contribution in [0.3, 0.4) is 0 Å². The molecule has 2 aromatic carbocycles. The quantitative estimate of drug-likeness (QED) is 0.309. The first-order valence-corrected chi connectivity index (χ1v) is 12.3. The van der Waals surface area contributed by atoms with Gasteiger partial charge in [-0.15, -0.1) is 0 Å². The van der Waals surface area contributed by atoms with Crippen molar-refractivity contribution in [3.8, 4) is 5.69 Å². The van der Waals surface area contributed by atoms with Gasteiger partial charge in [0.1, 0.15) is 23.6 Å². The summed E-state index contributed by atoms with van der Waals surface area (Å²) < 4.78 is 16.6. The maximum Gasteiger partial charge on any atom is 0.284 e.